The minimum Gasteiger partial charge on any atom is -0.477 e. The molecule has 0 aliphatic rings. The van der Waals surface area contributed by atoms with Crippen LogP contribution in [0, 0.1) is 0 Å². The summed E-state index contributed by atoms with van der Waals surface area (Å²) in [6, 6.07) is 0. The molecule has 8 heavy (non-hydrogen) atoms. The molecule has 1 N–H and O–H groups in total. The molecule has 42 valence electrons. The summed E-state index contributed by atoms with van der Waals surface area (Å²) in [5, 5.41) is 8.90. The van der Waals surface area contributed by atoms with Crippen LogP contribution in [0.15, 0.2) is 5.80 Å². The Labute approximate surface area is 51.0 Å². The van der Waals surface area contributed by atoms with Gasteiger partial charge in [-0.05, 0) is 21.5 Å². The van der Waals surface area contributed by atoms with E-state index < -0.39 is 5.97 Å². The summed E-state index contributed by atoms with van der Waals surface area (Å²) in [7, 11) is 2.91. The van der Waals surface area contributed by atoms with Gasteiger partial charge in [0.25, 0.3) is 0 Å². The van der Waals surface area contributed by atoms with Gasteiger partial charge in [-0.3, -0.25) is 0 Å². The van der Waals surface area contributed by atoms with E-state index in [9.17, 15) is 4.79 Å². The molecule has 1 atom stereocenters. The number of aromatic carboxylic acids is 1. The Morgan fingerprint density at radius 3 is 2.88 bits per heavy atom. The number of hydrogen-bond donors (Lipinski definition) is 1. The molecule has 5 heteroatoms. The molecule has 0 fully saturated rings. The molecule has 0 amide bonds. The lowest BCUT2D eigenvalue weighted by Crippen LogP contribution is -1.88. The number of rotatable bonds is 1. The maximum atomic E-state index is 10.1. The molecule has 0 saturated heterocycles. The summed E-state index contributed by atoms with van der Waals surface area (Å²) in [4.78, 5) is 10.1. The third-order valence-electron chi connectivity index (χ3n) is 0.634. The van der Waals surface area contributed by atoms with Gasteiger partial charge in [-0.25, -0.2) is 4.79 Å². The highest BCUT2D eigenvalue weighted by Crippen LogP contribution is 2.35. The highest BCUT2D eigenvalue weighted by molar-refractivity contribution is 8.17. The van der Waals surface area contributed by atoms with Crippen LogP contribution in [-0.2, 0) is 0 Å². The lowest BCUT2D eigenvalue weighted by atomic mass is 10.6. The van der Waals surface area contributed by atoms with Crippen LogP contribution in [0.25, 0.3) is 0 Å². The number of carboxylic acid groups (broad SMARTS) is 1. The Kier molecular flexibility index (Phi) is 2.02. The van der Waals surface area contributed by atoms with Crippen molar-refractivity contribution in [3.63, 3.8) is 0 Å². The molecule has 1 aromatic rings. The zero-order chi connectivity index (χ0) is 5.98. The Bertz CT molecular complexity index is 180. The van der Waals surface area contributed by atoms with Gasteiger partial charge in [0.2, 0.25) is 0 Å². The Morgan fingerprint density at radius 2 is 2.62 bits per heavy atom. The minimum absolute atomic E-state index is 0.560. The predicted molar refractivity (Wildman–Crippen MR) is 37.9 cm³/mol. The summed E-state index contributed by atoms with van der Waals surface area (Å²) < 4.78 is 0. The van der Waals surface area contributed by atoms with Crippen molar-refractivity contribution in [3.8, 4) is 0 Å². The molecule has 0 bridgehead atoms. The largest absolute Gasteiger partial charge is 0.477 e. The molecule has 0 aliphatic heterocycles. The van der Waals surface area contributed by atoms with Crippen molar-refractivity contribution < 1.29 is 9.90 Å². The topological polar surface area (TPSA) is 37.3 Å². The van der Waals surface area contributed by atoms with Crippen molar-refractivity contribution in [2.75, 3.05) is 0 Å². The van der Waals surface area contributed by atoms with Crippen molar-refractivity contribution in [2.24, 2.45) is 0 Å². The van der Waals surface area contributed by atoms with Crippen LogP contribution in [-0.4, -0.2) is 11.1 Å². The standard InChI is InChI=1S/C3H3O2P3/c4-3(5)2-1-6-8-7-2/h1,8H,(H,4,5). The van der Waals surface area contributed by atoms with Crippen molar-refractivity contribution in [2.45, 2.75) is 0 Å². The van der Waals surface area contributed by atoms with Gasteiger partial charge in [0.05, 0.1) is 5.30 Å². The fraction of sp³-hybridized carbons (Fsp3) is 0. The van der Waals surface area contributed by atoms with Gasteiger partial charge in [-0.2, -0.15) is 0 Å². The van der Waals surface area contributed by atoms with E-state index in [1.165, 1.54) is 7.87 Å². The van der Waals surface area contributed by atoms with Crippen LogP contribution >= 0.6 is 23.3 Å². The average molecular weight is 164 g/mol. The highest BCUT2D eigenvalue weighted by atomic mass is 32.1. The molecule has 0 aromatic carbocycles. The maximum absolute atomic E-state index is 10.1. The molecule has 1 rings (SSSR count). The first-order valence-corrected chi connectivity index (χ1v) is 6.44. The normalized spacial score (nSPS) is 12.0. The summed E-state index contributed by atoms with van der Waals surface area (Å²) in [6.07, 6.45) is 0. The fourth-order valence-corrected chi connectivity index (χ4v) is 5.46. The van der Waals surface area contributed by atoms with E-state index in [0.29, 0.717) is 5.30 Å². The first kappa shape index (κ1) is 6.23. The van der Waals surface area contributed by atoms with E-state index in [-0.39, 0.29) is 0 Å². The maximum Gasteiger partial charge on any atom is 0.341 e. The molecule has 0 aliphatic carbocycles. The quantitative estimate of drug-likeness (QED) is 0.692. The van der Waals surface area contributed by atoms with E-state index in [1.54, 1.807) is 5.80 Å². The van der Waals surface area contributed by atoms with Crippen LogP contribution in [0.1, 0.15) is 10.1 Å². The molecule has 0 spiro atoms. The minimum atomic E-state index is -0.760. The summed E-state index contributed by atoms with van der Waals surface area (Å²) >= 11 is 0. The predicted octanol–water partition coefficient (Wildman–Crippen LogP) is 2.58. The van der Waals surface area contributed by atoms with Crippen molar-refractivity contribution in [3.05, 3.63) is 11.1 Å². The third-order valence-corrected chi connectivity index (χ3v) is 5.70. The zero-order valence-electron chi connectivity index (χ0n) is 3.83. The van der Waals surface area contributed by atoms with Gasteiger partial charge >= 0.3 is 5.97 Å². The first-order valence-electron chi connectivity index (χ1n) is 1.90. The Hall–Kier alpha value is 0.110. The molecule has 2 nitrogen and oxygen atoms in total. The second-order valence-corrected chi connectivity index (χ2v) is 6.43. The second kappa shape index (κ2) is 2.60. The third kappa shape index (κ3) is 1.29. The van der Waals surface area contributed by atoms with Gasteiger partial charge < -0.3 is 5.11 Å². The van der Waals surface area contributed by atoms with Crippen LogP contribution in [0.2, 0.25) is 0 Å². The molecule has 0 radical (unpaired) electrons. The second-order valence-electron chi connectivity index (χ2n) is 1.16. The Morgan fingerprint density at radius 1 is 1.88 bits per heavy atom. The van der Waals surface area contributed by atoms with Crippen LogP contribution in [0.3, 0.4) is 0 Å². The van der Waals surface area contributed by atoms with Crippen molar-refractivity contribution in [1.29, 1.82) is 0 Å². The molecule has 0 saturated carbocycles. The van der Waals surface area contributed by atoms with Gasteiger partial charge in [-0.15, -0.1) is 0 Å². The van der Waals surface area contributed by atoms with Crippen molar-refractivity contribution >= 4 is 29.3 Å². The summed E-state index contributed by atoms with van der Waals surface area (Å²) in [5.41, 5.74) is 0. The lowest BCUT2D eigenvalue weighted by molar-refractivity contribution is 0.0702. The number of carboxylic acids is 1. The average Bonchev–Trinajstić information content (AvgIpc) is 2.12. The van der Waals surface area contributed by atoms with E-state index in [4.69, 9.17) is 5.11 Å². The fourth-order valence-electron chi connectivity index (χ4n) is 0.305. The van der Waals surface area contributed by atoms with Crippen LogP contribution in [0.5, 0.6) is 0 Å². The van der Waals surface area contributed by atoms with Crippen molar-refractivity contribution in [1.82, 2.24) is 0 Å². The zero-order valence-corrected chi connectivity index (χ0v) is 6.62. The molecule has 1 unspecified atom stereocenters. The monoisotopic (exact) mass is 164 g/mol. The molecular formula is C3H3O2P3. The highest BCUT2D eigenvalue weighted by Gasteiger charge is 1.99. The van der Waals surface area contributed by atoms with E-state index >= 15 is 0 Å². The lowest BCUT2D eigenvalue weighted by Gasteiger charge is -1.78. The van der Waals surface area contributed by atoms with Gasteiger partial charge in [0, 0.05) is 0 Å². The van der Waals surface area contributed by atoms with Crippen LogP contribution < -0.4 is 0 Å². The number of carbonyl (C=O) groups is 1. The van der Waals surface area contributed by atoms with E-state index in [1.807, 2.05) is 0 Å². The summed E-state index contributed by atoms with van der Waals surface area (Å²) in [5.74, 6) is 1.01. The van der Waals surface area contributed by atoms with Gasteiger partial charge in [0.15, 0.2) is 0 Å². The van der Waals surface area contributed by atoms with Gasteiger partial charge in [-0.1, -0.05) is 7.55 Å². The SMILES string of the molecule is O=C(O)c1cp[pH]p1. The number of hydrogen-bond acceptors (Lipinski definition) is 1. The summed E-state index contributed by atoms with van der Waals surface area (Å²) in [6.45, 7) is 0. The molecule has 1 heterocycles. The van der Waals surface area contributed by atoms with E-state index in [2.05, 4.69) is 0 Å². The van der Waals surface area contributed by atoms with E-state index in [0.717, 1.165) is 15.4 Å². The van der Waals surface area contributed by atoms with Gasteiger partial charge in [0.1, 0.15) is 0 Å². The molecular weight excluding hydrogens is 161 g/mol. The van der Waals surface area contributed by atoms with Crippen LogP contribution in [0.4, 0.5) is 0 Å². The molecule has 1 aromatic heterocycles. The first-order chi connectivity index (χ1) is 3.80. The smallest absolute Gasteiger partial charge is 0.341 e. The Balaban J connectivity index is 2.93.